The maximum Gasteiger partial charge on any atom is 0.243 e. The van der Waals surface area contributed by atoms with Crippen LogP contribution in [-0.4, -0.2) is 35.4 Å². The fraction of sp³-hybridized carbons (Fsp3) is 0.440. The number of hydrogen-bond acceptors (Lipinski definition) is 3. The molecule has 2 rings (SSSR count). The average Bonchev–Trinajstić information content (AvgIpc) is 2.78. The summed E-state index contributed by atoms with van der Waals surface area (Å²) in [5.74, 6) is 0.506. The van der Waals surface area contributed by atoms with Crippen molar-refractivity contribution in [3.8, 4) is 5.75 Å². The number of amides is 2. The van der Waals surface area contributed by atoms with E-state index in [4.69, 9.17) is 27.9 Å². The summed E-state index contributed by atoms with van der Waals surface area (Å²) in [4.78, 5) is 27.8. The van der Waals surface area contributed by atoms with Gasteiger partial charge in [-0.3, -0.25) is 9.59 Å². The highest BCUT2D eigenvalue weighted by molar-refractivity contribution is 6.30. The molecule has 0 fully saturated rings. The molecule has 0 saturated heterocycles. The molecule has 174 valence electrons. The highest BCUT2D eigenvalue weighted by Crippen LogP contribution is 2.18. The normalized spacial score (nSPS) is 12.7. The third-order valence-corrected chi connectivity index (χ3v) is 5.77. The van der Waals surface area contributed by atoms with Crippen molar-refractivity contribution in [1.29, 1.82) is 0 Å². The van der Waals surface area contributed by atoms with Crippen LogP contribution in [0, 0.1) is 0 Å². The Morgan fingerprint density at radius 2 is 1.56 bits per heavy atom. The van der Waals surface area contributed by atoms with Gasteiger partial charge in [-0.05, 0) is 68.1 Å². The Bertz CT molecular complexity index is 856. The van der Waals surface area contributed by atoms with Gasteiger partial charge in [-0.2, -0.15) is 0 Å². The summed E-state index contributed by atoms with van der Waals surface area (Å²) in [6.45, 7) is 6.65. The van der Waals surface area contributed by atoms with Gasteiger partial charge in [0.1, 0.15) is 11.8 Å². The molecule has 1 N–H and O–H groups in total. The molecule has 2 amide bonds. The summed E-state index contributed by atoms with van der Waals surface area (Å²) in [6.07, 6.45) is 2.19. The average molecular weight is 479 g/mol. The molecule has 0 aliphatic rings. The van der Waals surface area contributed by atoms with Gasteiger partial charge in [-0.25, -0.2) is 0 Å². The molecule has 0 saturated carbocycles. The standard InChI is InChI=1S/C25H32Cl2N2O3/c1-4-18(3)28-25(31)23(5-2)29(17-19-8-10-20(26)11-9-19)24(30)7-6-16-32-22-14-12-21(27)13-15-22/h8-15,18,23H,4-7,16-17H2,1-3H3,(H,28,31)/t18-,23-/m1/s1. The van der Waals surface area contributed by atoms with E-state index in [1.165, 1.54) is 0 Å². The van der Waals surface area contributed by atoms with E-state index in [2.05, 4.69) is 5.32 Å². The van der Waals surface area contributed by atoms with Crippen LogP contribution in [0.5, 0.6) is 5.75 Å². The number of hydrogen-bond donors (Lipinski definition) is 1. The molecule has 2 aromatic carbocycles. The Labute approximate surface area is 201 Å². The predicted molar refractivity (Wildman–Crippen MR) is 130 cm³/mol. The number of halogens is 2. The molecular formula is C25H32Cl2N2O3. The van der Waals surface area contributed by atoms with E-state index < -0.39 is 6.04 Å². The molecule has 2 aromatic rings. The number of nitrogens with one attached hydrogen (secondary N) is 1. The highest BCUT2D eigenvalue weighted by atomic mass is 35.5. The molecule has 7 heteroatoms. The van der Waals surface area contributed by atoms with Gasteiger partial charge in [0.2, 0.25) is 11.8 Å². The first kappa shape index (κ1) is 26.0. The van der Waals surface area contributed by atoms with Gasteiger partial charge < -0.3 is 15.0 Å². The van der Waals surface area contributed by atoms with Crippen LogP contribution in [0.3, 0.4) is 0 Å². The van der Waals surface area contributed by atoms with Gasteiger partial charge in [-0.15, -0.1) is 0 Å². The predicted octanol–water partition coefficient (Wildman–Crippen LogP) is 5.87. The van der Waals surface area contributed by atoms with Crippen LogP contribution >= 0.6 is 23.2 Å². The minimum absolute atomic E-state index is 0.0526. The molecule has 2 atom stereocenters. The fourth-order valence-electron chi connectivity index (χ4n) is 3.23. The molecule has 5 nitrogen and oxygen atoms in total. The first-order valence-electron chi connectivity index (χ1n) is 11.1. The van der Waals surface area contributed by atoms with Crippen LogP contribution in [0.1, 0.15) is 52.0 Å². The number of rotatable bonds is 12. The Balaban J connectivity index is 2.05. The minimum Gasteiger partial charge on any atom is -0.494 e. The zero-order valence-electron chi connectivity index (χ0n) is 18.9. The molecule has 0 aliphatic carbocycles. The van der Waals surface area contributed by atoms with Crippen molar-refractivity contribution in [3.05, 3.63) is 64.1 Å². The maximum atomic E-state index is 13.2. The Hall–Kier alpha value is -2.24. The van der Waals surface area contributed by atoms with Crippen molar-refractivity contribution in [2.24, 2.45) is 0 Å². The lowest BCUT2D eigenvalue weighted by molar-refractivity contribution is -0.141. The SMILES string of the molecule is CC[C@@H](C)NC(=O)[C@@H](CC)N(Cc1ccc(Cl)cc1)C(=O)CCCOc1ccc(Cl)cc1. The van der Waals surface area contributed by atoms with Crippen LogP contribution in [-0.2, 0) is 16.1 Å². The lowest BCUT2D eigenvalue weighted by Gasteiger charge is -2.31. The molecule has 0 aromatic heterocycles. The van der Waals surface area contributed by atoms with Crippen molar-refractivity contribution >= 4 is 35.0 Å². The first-order valence-corrected chi connectivity index (χ1v) is 11.8. The van der Waals surface area contributed by atoms with Gasteiger partial charge >= 0.3 is 0 Å². The lowest BCUT2D eigenvalue weighted by Crippen LogP contribution is -2.50. The van der Waals surface area contributed by atoms with E-state index in [1.54, 1.807) is 41.3 Å². The molecule has 0 bridgehead atoms. The van der Waals surface area contributed by atoms with Crippen molar-refractivity contribution in [3.63, 3.8) is 0 Å². The monoisotopic (exact) mass is 478 g/mol. The van der Waals surface area contributed by atoms with Gasteiger partial charge in [0.25, 0.3) is 0 Å². The number of benzene rings is 2. The zero-order chi connectivity index (χ0) is 23.5. The number of carbonyl (C=O) groups is 2. The molecule has 0 aliphatic heterocycles. The lowest BCUT2D eigenvalue weighted by atomic mass is 10.1. The second kappa shape index (κ2) is 13.3. The third kappa shape index (κ3) is 8.36. The second-order valence-corrected chi connectivity index (χ2v) is 8.67. The quantitative estimate of drug-likeness (QED) is 0.387. The maximum absolute atomic E-state index is 13.2. The van der Waals surface area contributed by atoms with E-state index in [9.17, 15) is 9.59 Å². The van der Waals surface area contributed by atoms with E-state index in [0.29, 0.717) is 41.8 Å². The third-order valence-electron chi connectivity index (χ3n) is 5.27. The van der Waals surface area contributed by atoms with E-state index in [1.807, 2.05) is 32.9 Å². The van der Waals surface area contributed by atoms with Gasteiger partial charge in [0, 0.05) is 29.1 Å². The number of ether oxygens (including phenoxy) is 1. The zero-order valence-corrected chi connectivity index (χ0v) is 20.5. The highest BCUT2D eigenvalue weighted by Gasteiger charge is 2.28. The first-order chi connectivity index (χ1) is 15.3. The van der Waals surface area contributed by atoms with E-state index in [-0.39, 0.29) is 24.3 Å². The second-order valence-electron chi connectivity index (χ2n) is 7.80. The molecule has 0 unspecified atom stereocenters. The van der Waals surface area contributed by atoms with Crippen LogP contribution in [0.2, 0.25) is 10.0 Å². The van der Waals surface area contributed by atoms with Crippen molar-refractivity contribution in [2.75, 3.05) is 6.61 Å². The summed E-state index contributed by atoms with van der Waals surface area (Å²) in [6, 6.07) is 14.0. The van der Waals surface area contributed by atoms with Gasteiger partial charge in [0.15, 0.2) is 0 Å². The molecule has 0 heterocycles. The van der Waals surface area contributed by atoms with Crippen LogP contribution in [0.15, 0.2) is 48.5 Å². The van der Waals surface area contributed by atoms with Crippen LogP contribution < -0.4 is 10.1 Å². The molecule has 32 heavy (non-hydrogen) atoms. The van der Waals surface area contributed by atoms with Crippen molar-refractivity contribution in [2.45, 2.75) is 65.1 Å². The summed E-state index contributed by atoms with van der Waals surface area (Å²) in [7, 11) is 0. The summed E-state index contributed by atoms with van der Waals surface area (Å²) >= 11 is 11.9. The smallest absolute Gasteiger partial charge is 0.243 e. The van der Waals surface area contributed by atoms with E-state index in [0.717, 1.165) is 12.0 Å². The summed E-state index contributed by atoms with van der Waals surface area (Å²) < 4.78 is 5.70. The van der Waals surface area contributed by atoms with Gasteiger partial charge in [-0.1, -0.05) is 49.2 Å². The van der Waals surface area contributed by atoms with Crippen LogP contribution in [0.25, 0.3) is 0 Å². The Kier molecular flexibility index (Phi) is 10.8. The molecule has 0 spiro atoms. The minimum atomic E-state index is -0.538. The number of carbonyl (C=O) groups excluding carboxylic acids is 2. The topological polar surface area (TPSA) is 58.6 Å². The molecular weight excluding hydrogens is 447 g/mol. The van der Waals surface area contributed by atoms with E-state index >= 15 is 0 Å². The Morgan fingerprint density at radius 1 is 0.969 bits per heavy atom. The summed E-state index contributed by atoms with van der Waals surface area (Å²) in [5.41, 5.74) is 0.926. The largest absolute Gasteiger partial charge is 0.494 e. The number of nitrogens with zero attached hydrogens (tertiary/aromatic N) is 1. The van der Waals surface area contributed by atoms with Crippen molar-refractivity contribution in [1.82, 2.24) is 10.2 Å². The Morgan fingerprint density at radius 3 is 2.12 bits per heavy atom. The fourth-order valence-corrected chi connectivity index (χ4v) is 3.49. The van der Waals surface area contributed by atoms with Crippen molar-refractivity contribution < 1.29 is 14.3 Å². The summed E-state index contributed by atoms with van der Waals surface area (Å²) in [5, 5.41) is 4.29. The molecule has 0 radical (unpaired) electrons. The van der Waals surface area contributed by atoms with Crippen LogP contribution in [0.4, 0.5) is 0 Å². The van der Waals surface area contributed by atoms with Gasteiger partial charge in [0.05, 0.1) is 6.61 Å².